The van der Waals surface area contributed by atoms with Crippen molar-refractivity contribution in [2.45, 2.75) is 44.1 Å². The van der Waals surface area contributed by atoms with Gasteiger partial charge in [-0.1, -0.05) is 12.8 Å². The van der Waals surface area contributed by atoms with Gasteiger partial charge in [-0.2, -0.15) is 0 Å². The van der Waals surface area contributed by atoms with Gasteiger partial charge in [0.25, 0.3) is 0 Å². The number of alkyl halides is 1. The number of halogens is 1. The third kappa shape index (κ3) is 2.34. The largest absolute Gasteiger partial charge is 0.444 e. The van der Waals surface area contributed by atoms with Gasteiger partial charge in [0.2, 0.25) is 0 Å². The third-order valence-corrected chi connectivity index (χ3v) is 3.14. The lowest BCUT2D eigenvalue weighted by Gasteiger charge is -2.01. The van der Waals surface area contributed by atoms with Crippen LogP contribution in [0.1, 0.15) is 48.9 Å². The number of methoxy groups -OCH3 is 1. The molecule has 0 aliphatic heterocycles. The summed E-state index contributed by atoms with van der Waals surface area (Å²) in [7, 11) is 1.65. The lowest BCUT2D eigenvalue weighted by atomic mass is 10.1. The molecule has 1 aliphatic rings. The second kappa shape index (κ2) is 4.99. The molecule has 1 aromatic heterocycles. The molecule has 0 N–H and O–H groups in total. The molecule has 0 unspecified atom stereocenters. The minimum absolute atomic E-state index is 0.373. The van der Waals surface area contributed by atoms with Crippen LogP contribution in [0.2, 0.25) is 0 Å². The molecule has 3 nitrogen and oxygen atoms in total. The second-order valence-electron chi connectivity index (χ2n) is 3.97. The van der Waals surface area contributed by atoms with E-state index in [1.54, 1.807) is 7.11 Å². The smallest absolute Gasteiger partial charge is 0.197 e. The van der Waals surface area contributed by atoms with Gasteiger partial charge in [0.15, 0.2) is 5.89 Å². The van der Waals surface area contributed by atoms with Crippen molar-refractivity contribution in [2.24, 2.45) is 0 Å². The number of oxazole rings is 1. The van der Waals surface area contributed by atoms with Crippen molar-refractivity contribution in [2.75, 3.05) is 7.11 Å². The summed E-state index contributed by atoms with van der Waals surface area (Å²) in [4.78, 5) is 4.48. The Morgan fingerprint density at radius 1 is 1.47 bits per heavy atom. The van der Waals surface area contributed by atoms with E-state index in [2.05, 4.69) is 4.98 Å². The molecule has 1 heterocycles. The molecule has 0 amide bonds. The van der Waals surface area contributed by atoms with Crippen molar-refractivity contribution in [3.63, 3.8) is 0 Å². The third-order valence-electron chi connectivity index (χ3n) is 2.90. The van der Waals surface area contributed by atoms with Crippen LogP contribution in [0, 0.1) is 0 Å². The zero-order chi connectivity index (χ0) is 10.7. The SMILES string of the molecule is COCc1nc(C2CCCC2)oc1CCl. The molecule has 84 valence electrons. The van der Waals surface area contributed by atoms with Gasteiger partial charge in [-0.15, -0.1) is 11.6 Å². The van der Waals surface area contributed by atoms with Crippen LogP contribution in [-0.4, -0.2) is 12.1 Å². The van der Waals surface area contributed by atoms with Gasteiger partial charge >= 0.3 is 0 Å². The Balaban J connectivity index is 2.17. The van der Waals surface area contributed by atoms with Crippen molar-refractivity contribution in [3.05, 3.63) is 17.3 Å². The highest BCUT2D eigenvalue weighted by Gasteiger charge is 2.23. The molecule has 0 spiro atoms. The minimum Gasteiger partial charge on any atom is -0.444 e. The highest BCUT2D eigenvalue weighted by Crippen LogP contribution is 2.34. The normalized spacial score (nSPS) is 17.5. The maximum atomic E-state index is 5.80. The van der Waals surface area contributed by atoms with Gasteiger partial charge in [0.1, 0.15) is 11.5 Å². The summed E-state index contributed by atoms with van der Waals surface area (Å²) in [5, 5.41) is 0. The summed E-state index contributed by atoms with van der Waals surface area (Å²) in [5.74, 6) is 2.49. The summed E-state index contributed by atoms with van der Waals surface area (Å²) in [6, 6.07) is 0. The molecule has 15 heavy (non-hydrogen) atoms. The number of hydrogen-bond acceptors (Lipinski definition) is 3. The Hall–Kier alpha value is -0.540. The minimum atomic E-state index is 0.373. The summed E-state index contributed by atoms with van der Waals surface area (Å²) >= 11 is 5.80. The lowest BCUT2D eigenvalue weighted by Crippen LogP contribution is -1.94. The number of rotatable bonds is 4. The molecule has 0 radical (unpaired) electrons. The van der Waals surface area contributed by atoms with E-state index in [4.69, 9.17) is 20.8 Å². The molecule has 0 bridgehead atoms. The second-order valence-corrected chi connectivity index (χ2v) is 4.24. The van der Waals surface area contributed by atoms with E-state index in [-0.39, 0.29) is 0 Å². The van der Waals surface area contributed by atoms with Crippen LogP contribution in [0.15, 0.2) is 4.42 Å². The van der Waals surface area contributed by atoms with E-state index in [0.717, 1.165) is 17.3 Å². The Morgan fingerprint density at radius 3 is 2.80 bits per heavy atom. The standard InChI is InChI=1S/C11H16ClNO2/c1-14-7-9-10(6-12)15-11(13-9)8-4-2-3-5-8/h8H,2-7H2,1H3. The summed E-state index contributed by atoms with van der Waals surface area (Å²) in [5.41, 5.74) is 0.856. The monoisotopic (exact) mass is 229 g/mol. The van der Waals surface area contributed by atoms with Crippen LogP contribution in [-0.2, 0) is 17.2 Å². The molecule has 1 saturated carbocycles. The molecule has 1 aliphatic carbocycles. The molecule has 0 aromatic carbocycles. The number of ether oxygens (including phenoxy) is 1. The summed E-state index contributed by atoms with van der Waals surface area (Å²) in [6.45, 7) is 0.484. The van der Waals surface area contributed by atoms with Gasteiger partial charge in [-0.25, -0.2) is 4.98 Å². The highest BCUT2D eigenvalue weighted by atomic mass is 35.5. The molecule has 0 atom stereocenters. The maximum Gasteiger partial charge on any atom is 0.197 e. The molecule has 4 heteroatoms. The average Bonchev–Trinajstić information content (AvgIpc) is 2.84. The summed E-state index contributed by atoms with van der Waals surface area (Å²) < 4.78 is 10.7. The molecule has 1 aromatic rings. The average molecular weight is 230 g/mol. The fourth-order valence-corrected chi connectivity index (χ4v) is 2.31. The Labute approximate surface area is 94.8 Å². The first-order valence-electron chi connectivity index (χ1n) is 5.38. The number of aromatic nitrogens is 1. The zero-order valence-electron chi connectivity index (χ0n) is 8.96. The van der Waals surface area contributed by atoms with E-state index in [1.165, 1.54) is 25.7 Å². The van der Waals surface area contributed by atoms with Gasteiger partial charge < -0.3 is 9.15 Å². The highest BCUT2D eigenvalue weighted by molar-refractivity contribution is 6.16. The first-order valence-corrected chi connectivity index (χ1v) is 5.92. The van der Waals surface area contributed by atoms with Crippen LogP contribution in [0.3, 0.4) is 0 Å². The van der Waals surface area contributed by atoms with E-state index in [9.17, 15) is 0 Å². The van der Waals surface area contributed by atoms with E-state index in [1.807, 2.05) is 0 Å². The summed E-state index contributed by atoms with van der Waals surface area (Å²) in [6.07, 6.45) is 4.94. The predicted molar refractivity (Wildman–Crippen MR) is 58.0 cm³/mol. The van der Waals surface area contributed by atoms with E-state index >= 15 is 0 Å². The lowest BCUT2D eigenvalue weighted by molar-refractivity contribution is 0.180. The predicted octanol–water partition coefficient (Wildman–Crippen LogP) is 3.22. The van der Waals surface area contributed by atoms with E-state index in [0.29, 0.717) is 18.4 Å². The van der Waals surface area contributed by atoms with Crippen LogP contribution in [0.25, 0.3) is 0 Å². The van der Waals surface area contributed by atoms with Crippen molar-refractivity contribution in [1.29, 1.82) is 0 Å². The van der Waals surface area contributed by atoms with Gasteiger partial charge in [0, 0.05) is 13.0 Å². The van der Waals surface area contributed by atoms with Crippen molar-refractivity contribution < 1.29 is 9.15 Å². The van der Waals surface area contributed by atoms with Crippen molar-refractivity contribution in [3.8, 4) is 0 Å². The molecule has 0 saturated heterocycles. The Morgan fingerprint density at radius 2 is 2.20 bits per heavy atom. The van der Waals surface area contributed by atoms with Crippen molar-refractivity contribution in [1.82, 2.24) is 4.98 Å². The first-order chi connectivity index (χ1) is 7.35. The molecule has 1 fully saturated rings. The quantitative estimate of drug-likeness (QED) is 0.744. The van der Waals surface area contributed by atoms with Crippen LogP contribution in [0.4, 0.5) is 0 Å². The molecule has 2 rings (SSSR count). The Bertz CT molecular complexity index is 318. The fraction of sp³-hybridized carbons (Fsp3) is 0.727. The maximum absolute atomic E-state index is 5.80. The van der Waals surface area contributed by atoms with Gasteiger partial charge in [0.05, 0.1) is 12.5 Å². The van der Waals surface area contributed by atoms with Crippen LogP contribution in [0.5, 0.6) is 0 Å². The number of nitrogens with zero attached hydrogens (tertiary/aromatic N) is 1. The molecular formula is C11H16ClNO2. The van der Waals surface area contributed by atoms with Crippen molar-refractivity contribution >= 4 is 11.6 Å². The fourth-order valence-electron chi connectivity index (χ4n) is 2.10. The Kier molecular flexibility index (Phi) is 3.65. The number of hydrogen-bond donors (Lipinski definition) is 0. The topological polar surface area (TPSA) is 35.3 Å². The van der Waals surface area contributed by atoms with Crippen LogP contribution < -0.4 is 0 Å². The van der Waals surface area contributed by atoms with Gasteiger partial charge in [-0.3, -0.25) is 0 Å². The zero-order valence-corrected chi connectivity index (χ0v) is 9.72. The van der Waals surface area contributed by atoms with Crippen LogP contribution >= 0.6 is 11.6 Å². The van der Waals surface area contributed by atoms with Gasteiger partial charge in [-0.05, 0) is 12.8 Å². The molecular weight excluding hydrogens is 214 g/mol. The van der Waals surface area contributed by atoms with E-state index < -0.39 is 0 Å². The first kappa shape index (κ1) is 11.0.